The summed E-state index contributed by atoms with van der Waals surface area (Å²) >= 11 is 0. The van der Waals surface area contributed by atoms with Crippen molar-refractivity contribution in [1.82, 2.24) is 0 Å². The second-order valence-electron chi connectivity index (χ2n) is 4.92. The van der Waals surface area contributed by atoms with Gasteiger partial charge in [-0.05, 0) is 37.0 Å². The minimum absolute atomic E-state index is 0.0155. The van der Waals surface area contributed by atoms with Gasteiger partial charge in [0.15, 0.2) is 0 Å². The molecule has 0 aliphatic heterocycles. The molecule has 1 unspecified atom stereocenters. The summed E-state index contributed by atoms with van der Waals surface area (Å²) in [6.07, 6.45) is 3.06. The van der Waals surface area contributed by atoms with Crippen LogP contribution in [0.4, 0.5) is 0 Å². The van der Waals surface area contributed by atoms with Crippen LogP contribution in [0.5, 0.6) is 0 Å². The minimum Gasteiger partial charge on any atom is -0.508 e. The van der Waals surface area contributed by atoms with Crippen molar-refractivity contribution in [3.05, 3.63) is 58.9 Å². The van der Waals surface area contributed by atoms with E-state index in [-0.39, 0.29) is 5.41 Å². The molecule has 0 spiro atoms. The summed E-state index contributed by atoms with van der Waals surface area (Å²) in [5.74, 6) is 0.466. The maximum absolute atomic E-state index is 9.84. The van der Waals surface area contributed by atoms with Gasteiger partial charge in [0.2, 0.25) is 0 Å². The maximum atomic E-state index is 9.84. The first-order chi connectivity index (χ1) is 7.53. The lowest BCUT2D eigenvalue weighted by molar-refractivity contribution is 0.396. The second-order valence-corrected chi connectivity index (χ2v) is 4.92. The van der Waals surface area contributed by atoms with Gasteiger partial charge in [-0.1, -0.05) is 43.3 Å². The van der Waals surface area contributed by atoms with E-state index in [4.69, 9.17) is 0 Å². The van der Waals surface area contributed by atoms with Crippen molar-refractivity contribution in [2.45, 2.75) is 32.6 Å². The molecular weight excluding hydrogens is 196 g/mol. The first-order valence-electron chi connectivity index (χ1n) is 5.67. The zero-order valence-corrected chi connectivity index (χ0v) is 10.1. The lowest BCUT2D eigenvalue weighted by atomic mass is 9.73. The first-order valence-corrected chi connectivity index (χ1v) is 5.67. The predicted molar refractivity (Wildman–Crippen MR) is 67.5 cm³/mol. The van der Waals surface area contributed by atoms with Crippen LogP contribution in [0.1, 0.15) is 32.8 Å². The molecule has 1 aliphatic carbocycles. The molecule has 0 saturated carbocycles. The molecule has 1 aromatic carbocycles. The molecule has 0 saturated heterocycles. The number of benzene rings is 1. The van der Waals surface area contributed by atoms with Gasteiger partial charge >= 0.3 is 0 Å². The first kappa shape index (κ1) is 11.0. The van der Waals surface area contributed by atoms with Gasteiger partial charge in [0.1, 0.15) is 5.76 Å². The molecule has 1 atom stereocenters. The fourth-order valence-electron chi connectivity index (χ4n) is 2.57. The Morgan fingerprint density at radius 2 is 1.75 bits per heavy atom. The molecule has 0 heterocycles. The van der Waals surface area contributed by atoms with E-state index in [9.17, 15) is 5.11 Å². The molecule has 0 radical (unpaired) electrons. The fourth-order valence-corrected chi connectivity index (χ4v) is 2.57. The Morgan fingerprint density at radius 3 is 2.31 bits per heavy atom. The molecule has 84 valence electrons. The normalized spacial score (nSPS) is 25.6. The number of hydrogen-bond donors (Lipinski definition) is 1. The highest BCUT2D eigenvalue weighted by Gasteiger charge is 2.29. The Labute approximate surface area is 97.1 Å². The van der Waals surface area contributed by atoms with Crippen molar-refractivity contribution in [3.8, 4) is 0 Å². The molecule has 1 aromatic rings. The smallest absolute Gasteiger partial charge is 0.117 e. The molecule has 16 heavy (non-hydrogen) atoms. The van der Waals surface area contributed by atoms with Crippen LogP contribution in [0.15, 0.2) is 53.3 Å². The summed E-state index contributed by atoms with van der Waals surface area (Å²) in [5, 5.41) is 9.84. The second kappa shape index (κ2) is 3.82. The lowest BCUT2D eigenvalue weighted by Crippen LogP contribution is -2.23. The van der Waals surface area contributed by atoms with E-state index in [0.717, 1.165) is 17.6 Å². The molecule has 0 fully saturated rings. The van der Waals surface area contributed by atoms with E-state index in [1.165, 1.54) is 5.56 Å². The van der Waals surface area contributed by atoms with Gasteiger partial charge in [0, 0.05) is 5.41 Å². The van der Waals surface area contributed by atoms with Crippen LogP contribution < -0.4 is 0 Å². The number of rotatable bonds is 1. The van der Waals surface area contributed by atoms with Crippen molar-refractivity contribution in [2.75, 3.05) is 0 Å². The number of aliphatic hydroxyl groups excluding tert-OH is 1. The van der Waals surface area contributed by atoms with Gasteiger partial charge < -0.3 is 5.11 Å². The third-order valence-electron chi connectivity index (χ3n) is 3.38. The summed E-state index contributed by atoms with van der Waals surface area (Å²) in [7, 11) is 0. The highest BCUT2D eigenvalue weighted by Crippen LogP contribution is 2.38. The van der Waals surface area contributed by atoms with Gasteiger partial charge in [-0.2, -0.15) is 0 Å². The Bertz CT molecular complexity index is 454. The quantitative estimate of drug-likeness (QED) is 0.745. The van der Waals surface area contributed by atoms with Gasteiger partial charge in [-0.25, -0.2) is 0 Å². The van der Waals surface area contributed by atoms with Crippen LogP contribution >= 0.6 is 0 Å². The molecule has 2 rings (SSSR count). The van der Waals surface area contributed by atoms with Crippen molar-refractivity contribution in [3.63, 3.8) is 0 Å². The Hall–Kier alpha value is -1.50. The Morgan fingerprint density at radius 1 is 1.12 bits per heavy atom. The number of aliphatic hydroxyl groups is 1. The molecule has 0 aromatic heterocycles. The Kier molecular flexibility index (Phi) is 2.63. The van der Waals surface area contributed by atoms with E-state index in [1.54, 1.807) is 0 Å². The van der Waals surface area contributed by atoms with Crippen LogP contribution in [0.2, 0.25) is 0 Å². The maximum Gasteiger partial charge on any atom is 0.117 e. The van der Waals surface area contributed by atoms with Gasteiger partial charge in [-0.15, -0.1) is 0 Å². The van der Waals surface area contributed by atoms with E-state index in [0.29, 0.717) is 5.76 Å². The van der Waals surface area contributed by atoms with Gasteiger partial charge in [0.25, 0.3) is 0 Å². The molecule has 1 aliphatic rings. The SMILES string of the molecule is CC1=CC(C)(c2ccccc2)CC(C)=C1O. The Balaban J connectivity index is 2.44. The van der Waals surface area contributed by atoms with Crippen molar-refractivity contribution in [1.29, 1.82) is 0 Å². The third kappa shape index (κ3) is 1.78. The fraction of sp³-hybridized carbons (Fsp3) is 0.333. The molecular formula is C15H18O. The predicted octanol–water partition coefficient (Wildman–Crippen LogP) is 4.13. The lowest BCUT2D eigenvalue weighted by Gasteiger charge is -2.32. The third-order valence-corrected chi connectivity index (χ3v) is 3.38. The van der Waals surface area contributed by atoms with Gasteiger partial charge in [0.05, 0.1) is 0 Å². The average molecular weight is 214 g/mol. The van der Waals surface area contributed by atoms with E-state index in [1.807, 2.05) is 19.9 Å². The van der Waals surface area contributed by atoms with Crippen LogP contribution in [0.25, 0.3) is 0 Å². The monoisotopic (exact) mass is 214 g/mol. The van der Waals surface area contributed by atoms with E-state index >= 15 is 0 Å². The van der Waals surface area contributed by atoms with Crippen molar-refractivity contribution in [2.24, 2.45) is 0 Å². The van der Waals surface area contributed by atoms with E-state index in [2.05, 4.69) is 37.3 Å². The summed E-state index contributed by atoms with van der Waals surface area (Å²) in [6, 6.07) is 10.5. The number of allylic oxidation sites excluding steroid dienone is 3. The van der Waals surface area contributed by atoms with Gasteiger partial charge in [-0.3, -0.25) is 0 Å². The zero-order valence-electron chi connectivity index (χ0n) is 10.1. The molecule has 0 amide bonds. The largest absolute Gasteiger partial charge is 0.508 e. The summed E-state index contributed by atoms with van der Waals surface area (Å²) in [6.45, 7) is 6.20. The van der Waals surface area contributed by atoms with Crippen LogP contribution in [0.3, 0.4) is 0 Å². The van der Waals surface area contributed by atoms with E-state index < -0.39 is 0 Å². The minimum atomic E-state index is 0.0155. The van der Waals surface area contributed by atoms with Crippen LogP contribution in [0, 0.1) is 0 Å². The standard InChI is InChI=1S/C15H18O/c1-11-9-15(3,10-12(2)14(11)16)13-7-5-4-6-8-13/h4-9,16H,10H2,1-3H3. The molecule has 1 nitrogen and oxygen atoms in total. The zero-order chi connectivity index (χ0) is 11.8. The highest BCUT2D eigenvalue weighted by molar-refractivity contribution is 5.42. The van der Waals surface area contributed by atoms with Crippen LogP contribution in [-0.2, 0) is 5.41 Å². The summed E-state index contributed by atoms with van der Waals surface area (Å²) in [5.41, 5.74) is 3.38. The number of hydrogen-bond acceptors (Lipinski definition) is 1. The van der Waals surface area contributed by atoms with Crippen molar-refractivity contribution >= 4 is 0 Å². The summed E-state index contributed by atoms with van der Waals surface area (Å²) in [4.78, 5) is 0. The van der Waals surface area contributed by atoms with Crippen LogP contribution in [-0.4, -0.2) is 5.11 Å². The summed E-state index contributed by atoms with van der Waals surface area (Å²) < 4.78 is 0. The average Bonchev–Trinajstić information content (AvgIpc) is 2.27. The molecule has 0 bridgehead atoms. The topological polar surface area (TPSA) is 20.2 Å². The van der Waals surface area contributed by atoms with Crippen molar-refractivity contribution < 1.29 is 5.11 Å². The molecule has 1 heteroatoms. The molecule has 1 N–H and O–H groups in total. The highest BCUT2D eigenvalue weighted by atomic mass is 16.3.